The minimum Gasteiger partial charge on any atom is -0.310 e. The third kappa shape index (κ3) is 5.88. The van der Waals surface area contributed by atoms with E-state index >= 15 is 0 Å². The van der Waals surface area contributed by atoms with E-state index in [1.165, 1.54) is 49.0 Å². The Morgan fingerprint density at radius 1 is 1.10 bits per heavy atom. The van der Waals surface area contributed by atoms with E-state index in [2.05, 4.69) is 49.5 Å². The van der Waals surface area contributed by atoms with E-state index in [0.717, 1.165) is 12.3 Å². The fourth-order valence-electron chi connectivity index (χ4n) is 2.89. The van der Waals surface area contributed by atoms with Crippen molar-refractivity contribution in [1.82, 2.24) is 5.32 Å². The molecule has 1 aliphatic rings. The lowest BCUT2D eigenvalue weighted by Gasteiger charge is -2.23. The largest absolute Gasteiger partial charge is 0.310 e. The topological polar surface area (TPSA) is 12.0 Å². The van der Waals surface area contributed by atoms with E-state index < -0.39 is 0 Å². The molecule has 0 amide bonds. The van der Waals surface area contributed by atoms with E-state index in [-0.39, 0.29) is 0 Å². The fraction of sp³-hybridized carbons (Fsp3) is 0.579. The van der Waals surface area contributed by atoms with Crippen LogP contribution in [-0.4, -0.2) is 18.3 Å². The SMILES string of the molecule is CCNC(CSc1ccc(C)cc1)/C1=C/CCCCCC1. The zero-order valence-corrected chi connectivity index (χ0v) is 14.3. The van der Waals surface area contributed by atoms with Gasteiger partial charge >= 0.3 is 0 Å². The van der Waals surface area contributed by atoms with Gasteiger partial charge in [0.05, 0.1) is 0 Å². The van der Waals surface area contributed by atoms with Crippen molar-refractivity contribution < 1.29 is 0 Å². The number of hydrogen-bond donors (Lipinski definition) is 1. The molecule has 2 heteroatoms. The van der Waals surface area contributed by atoms with Crippen LogP contribution >= 0.6 is 11.8 Å². The van der Waals surface area contributed by atoms with Crippen LogP contribution < -0.4 is 5.32 Å². The molecule has 0 aromatic heterocycles. The molecule has 0 saturated heterocycles. The summed E-state index contributed by atoms with van der Waals surface area (Å²) in [4.78, 5) is 1.38. The van der Waals surface area contributed by atoms with Crippen molar-refractivity contribution in [3.63, 3.8) is 0 Å². The first-order valence-electron chi connectivity index (χ1n) is 8.41. The number of rotatable bonds is 6. The van der Waals surface area contributed by atoms with Gasteiger partial charge < -0.3 is 5.32 Å². The molecule has 1 atom stereocenters. The summed E-state index contributed by atoms with van der Waals surface area (Å²) < 4.78 is 0. The Hall–Kier alpha value is -0.730. The average Bonchev–Trinajstić information content (AvgIpc) is 2.45. The van der Waals surface area contributed by atoms with Crippen molar-refractivity contribution in [1.29, 1.82) is 0 Å². The molecule has 1 aromatic rings. The molecule has 1 aromatic carbocycles. The maximum atomic E-state index is 3.69. The zero-order valence-electron chi connectivity index (χ0n) is 13.5. The highest BCUT2D eigenvalue weighted by Gasteiger charge is 2.14. The Morgan fingerprint density at radius 2 is 1.86 bits per heavy atom. The third-order valence-corrected chi connectivity index (χ3v) is 5.27. The first-order valence-corrected chi connectivity index (χ1v) is 9.40. The number of benzene rings is 1. The summed E-state index contributed by atoms with van der Waals surface area (Å²) in [6, 6.07) is 9.45. The summed E-state index contributed by atoms with van der Waals surface area (Å²) in [5.74, 6) is 1.14. The van der Waals surface area contributed by atoms with Crippen molar-refractivity contribution in [3.8, 4) is 0 Å². The molecule has 1 nitrogen and oxygen atoms in total. The van der Waals surface area contributed by atoms with Gasteiger partial charge in [0, 0.05) is 16.7 Å². The summed E-state index contributed by atoms with van der Waals surface area (Å²) in [6.45, 7) is 5.42. The third-order valence-electron chi connectivity index (χ3n) is 4.16. The minimum absolute atomic E-state index is 0.541. The van der Waals surface area contributed by atoms with E-state index in [0.29, 0.717) is 6.04 Å². The second-order valence-corrected chi connectivity index (χ2v) is 7.06. The molecule has 0 bridgehead atoms. The highest BCUT2D eigenvalue weighted by molar-refractivity contribution is 7.99. The van der Waals surface area contributed by atoms with Gasteiger partial charge in [-0.25, -0.2) is 0 Å². The normalized spacial score (nSPS) is 20.2. The second-order valence-electron chi connectivity index (χ2n) is 5.97. The lowest BCUT2D eigenvalue weighted by Crippen LogP contribution is -2.33. The van der Waals surface area contributed by atoms with E-state index in [4.69, 9.17) is 0 Å². The quantitative estimate of drug-likeness (QED) is 0.562. The van der Waals surface area contributed by atoms with Crippen molar-refractivity contribution >= 4 is 11.8 Å². The van der Waals surface area contributed by atoms with E-state index in [1.54, 1.807) is 5.57 Å². The number of allylic oxidation sites excluding steroid dienone is 1. The molecular weight excluding hydrogens is 274 g/mol. The Bertz CT molecular complexity index is 435. The first-order chi connectivity index (χ1) is 10.3. The summed E-state index contributed by atoms with van der Waals surface area (Å²) in [5, 5.41) is 3.69. The number of hydrogen-bond acceptors (Lipinski definition) is 2. The van der Waals surface area contributed by atoms with Gasteiger partial charge in [-0.1, -0.05) is 49.1 Å². The van der Waals surface area contributed by atoms with Crippen LogP contribution in [-0.2, 0) is 0 Å². The molecule has 21 heavy (non-hydrogen) atoms. The number of likely N-dealkylation sites (N-methyl/N-ethyl adjacent to an activating group) is 1. The van der Waals surface area contributed by atoms with Crippen molar-refractivity contribution in [2.24, 2.45) is 0 Å². The van der Waals surface area contributed by atoms with Crippen LogP contribution in [0.25, 0.3) is 0 Å². The molecule has 0 saturated carbocycles. The van der Waals surface area contributed by atoms with Crippen LogP contribution in [0.15, 0.2) is 40.8 Å². The summed E-state index contributed by atoms with van der Waals surface area (Å²) in [6.07, 6.45) is 10.6. The summed E-state index contributed by atoms with van der Waals surface area (Å²) in [5.41, 5.74) is 2.99. The molecular formula is C19H29NS. The van der Waals surface area contributed by atoms with Crippen molar-refractivity contribution in [2.45, 2.75) is 63.3 Å². The van der Waals surface area contributed by atoms with Crippen LogP contribution in [0.5, 0.6) is 0 Å². The smallest absolute Gasteiger partial charge is 0.0374 e. The molecule has 1 aliphatic carbocycles. The lowest BCUT2D eigenvalue weighted by atomic mass is 9.95. The zero-order chi connectivity index (χ0) is 14.9. The number of aryl methyl sites for hydroxylation is 1. The lowest BCUT2D eigenvalue weighted by molar-refractivity contribution is 0.566. The average molecular weight is 304 g/mol. The Morgan fingerprint density at radius 3 is 2.62 bits per heavy atom. The molecule has 0 fully saturated rings. The van der Waals surface area contributed by atoms with Gasteiger partial charge in [-0.3, -0.25) is 0 Å². The van der Waals surface area contributed by atoms with E-state index in [9.17, 15) is 0 Å². The standard InChI is InChI=1S/C19H29NS/c1-3-20-19(17-9-7-5-4-6-8-10-17)15-21-18-13-11-16(2)12-14-18/h9,11-14,19-20H,3-8,10,15H2,1-2H3/b17-9+. The van der Waals surface area contributed by atoms with Gasteiger partial charge in [0.25, 0.3) is 0 Å². The predicted octanol–water partition coefficient (Wildman–Crippen LogP) is 5.35. The van der Waals surface area contributed by atoms with Gasteiger partial charge in [0.1, 0.15) is 0 Å². The van der Waals surface area contributed by atoms with Gasteiger partial charge in [-0.2, -0.15) is 0 Å². The first kappa shape index (κ1) is 16.6. The van der Waals surface area contributed by atoms with Crippen LogP contribution in [0.3, 0.4) is 0 Å². The van der Waals surface area contributed by atoms with Crippen LogP contribution in [0.4, 0.5) is 0 Å². The van der Waals surface area contributed by atoms with Crippen molar-refractivity contribution in [3.05, 3.63) is 41.5 Å². The van der Waals surface area contributed by atoms with Crippen LogP contribution in [0.2, 0.25) is 0 Å². The maximum Gasteiger partial charge on any atom is 0.0374 e. The molecule has 0 heterocycles. The molecule has 1 N–H and O–H groups in total. The summed E-state index contributed by atoms with van der Waals surface area (Å²) >= 11 is 1.98. The second kappa shape index (κ2) is 9.32. The highest BCUT2D eigenvalue weighted by atomic mass is 32.2. The van der Waals surface area contributed by atoms with Gasteiger partial charge in [0.15, 0.2) is 0 Å². The number of thioether (sulfide) groups is 1. The Balaban J connectivity index is 1.95. The van der Waals surface area contributed by atoms with Gasteiger partial charge in [-0.05, 0) is 51.3 Å². The molecule has 1 unspecified atom stereocenters. The molecule has 116 valence electrons. The van der Waals surface area contributed by atoms with Gasteiger partial charge in [0.2, 0.25) is 0 Å². The Kier molecular flexibility index (Phi) is 7.38. The molecule has 0 spiro atoms. The van der Waals surface area contributed by atoms with E-state index in [1.807, 2.05) is 11.8 Å². The maximum absolute atomic E-state index is 3.69. The molecule has 0 aliphatic heterocycles. The highest BCUT2D eigenvalue weighted by Crippen LogP contribution is 2.25. The van der Waals surface area contributed by atoms with Crippen molar-refractivity contribution in [2.75, 3.05) is 12.3 Å². The van der Waals surface area contributed by atoms with Crippen LogP contribution in [0, 0.1) is 6.92 Å². The Labute approximate surface area is 134 Å². The minimum atomic E-state index is 0.541. The summed E-state index contributed by atoms with van der Waals surface area (Å²) in [7, 11) is 0. The fourth-order valence-corrected chi connectivity index (χ4v) is 3.91. The monoisotopic (exact) mass is 303 g/mol. The van der Waals surface area contributed by atoms with Gasteiger partial charge in [-0.15, -0.1) is 11.8 Å². The predicted molar refractivity (Wildman–Crippen MR) is 95.2 cm³/mol. The molecule has 2 rings (SSSR count). The number of nitrogens with one attached hydrogen (secondary N) is 1. The molecule has 0 radical (unpaired) electrons. The van der Waals surface area contributed by atoms with Crippen LogP contribution in [0.1, 0.15) is 51.0 Å².